The molecule has 2 rings (SSSR count). The summed E-state index contributed by atoms with van der Waals surface area (Å²) in [5, 5.41) is 3.17. The van der Waals surface area contributed by atoms with Crippen LogP contribution in [0, 0.1) is 5.92 Å². The third kappa shape index (κ3) is 7.03. The number of nitrogens with zero attached hydrogens (tertiary/aromatic N) is 2. The Kier molecular flexibility index (Phi) is 8.50. The van der Waals surface area contributed by atoms with Gasteiger partial charge in [0.15, 0.2) is 0 Å². The van der Waals surface area contributed by atoms with Crippen molar-refractivity contribution < 1.29 is 14.3 Å². The van der Waals surface area contributed by atoms with E-state index in [9.17, 15) is 9.59 Å². The number of nitrogens with one attached hydrogen (secondary N) is 1. The summed E-state index contributed by atoms with van der Waals surface area (Å²) in [7, 11) is 0. The number of hydrogen-bond donors (Lipinski definition) is 1. The van der Waals surface area contributed by atoms with Crippen molar-refractivity contribution in [3.63, 3.8) is 0 Å². The highest BCUT2D eigenvalue weighted by Crippen LogP contribution is 2.22. The van der Waals surface area contributed by atoms with Gasteiger partial charge in [0.2, 0.25) is 5.91 Å². The molecule has 6 nitrogen and oxygen atoms in total. The first-order valence-corrected chi connectivity index (χ1v) is 10.8. The van der Waals surface area contributed by atoms with Crippen molar-refractivity contribution >= 4 is 12.0 Å². The maximum absolute atomic E-state index is 12.8. The summed E-state index contributed by atoms with van der Waals surface area (Å²) in [5.41, 5.74) is 0.721. The Balaban J connectivity index is 1.89. The summed E-state index contributed by atoms with van der Waals surface area (Å²) in [6.45, 7) is 13.5. The Morgan fingerprint density at radius 2 is 1.72 bits per heavy atom. The maximum Gasteiger partial charge on any atom is 0.410 e. The fraction of sp³-hybridized carbons (Fsp3) is 0.652. The van der Waals surface area contributed by atoms with Gasteiger partial charge in [-0.1, -0.05) is 44.2 Å². The van der Waals surface area contributed by atoms with Crippen LogP contribution in [-0.2, 0) is 9.53 Å². The van der Waals surface area contributed by atoms with Crippen molar-refractivity contribution in [3.8, 4) is 0 Å². The fourth-order valence-corrected chi connectivity index (χ4v) is 3.79. The zero-order valence-corrected chi connectivity index (χ0v) is 18.6. The standard InChI is InChI=1S/C23H37N3O3/c1-6-25(7-2)20(18-11-9-8-10-12-18)17-24-21(27)19-13-15-26(16-14-19)22(28)29-23(3,4)5/h8-12,19-20H,6-7,13-17H2,1-5H3,(H,24,27). The number of hydrogen-bond acceptors (Lipinski definition) is 4. The average Bonchev–Trinajstić information content (AvgIpc) is 2.70. The quantitative estimate of drug-likeness (QED) is 0.752. The van der Waals surface area contributed by atoms with E-state index in [1.54, 1.807) is 4.90 Å². The number of piperidine rings is 1. The van der Waals surface area contributed by atoms with Crippen molar-refractivity contribution in [3.05, 3.63) is 35.9 Å². The molecule has 0 saturated carbocycles. The van der Waals surface area contributed by atoms with Crippen molar-refractivity contribution in [1.29, 1.82) is 0 Å². The minimum absolute atomic E-state index is 0.0539. The largest absolute Gasteiger partial charge is 0.444 e. The second-order valence-corrected chi connectivity index (χ2v) is 8.63. The van der Waals surface area contributed by atoms with Gasteiger partial charge in [0.25, 0.3) is 0 Å². The maximum atomic E-state index is 12.8. The summed E-state index contributed by atoms with van der Waals surface area (Å²) in [6.07, 6.45) is 1.06. The number of likely N-dealkylation sites (tertiary alicyclic amines) is 1. The Morgan fingerprint density at radius 1 is 1.14 bits per heavy atom. The van der Waals surface area contributed by atoms with Gasteiger partial charge in [-0.3, -0.25) is 9.69 Å². The van der Waals surface area contributed by atoms with Gasteiger partial charge in [-0.2, -0.15) is 0 Å². The van der Waals surface area contributed by atoms with Crippen LogP contribution in [0.15, 0.2) is 30.3 Å². The first-order chi connectivity index (χ1) is 13.7. The lowest BCUT2D eigenvalue weighted by molar-refractivity contribution is -0.126. The summed E-state index contributed by atoms with van der Waals surface area (Å²) < 4.78 is 5.43. The molecule has 1 saturated heterocycles. The molecule has 1 heterocycles. The monoisotopic (exact) mass is 403 g/mol. The molecule has 1 fully saturated rings. The highest BCUT2D eigenvalue weighted by molar-refractivity contribution is 5.79. The van der Waals surface area contributed by atoms with E-state index >= 15 is 0 Å². The van der Waals surface area contributed by atoms with Crippen LogP contribution >= 0.6 is 0 Å². The van der Waals surface area contributed by atoms with Crippen molar-refractivity contribution in [1.82, 2.24) is 15.1 Å². The molecule has 29 heavy (non-hydrogen) atoms. The molecule has 0 spiro atoms. The number of amides is 2. The first-order valence-electron chi connectivity index (χ1n) is 10.8. The molecule has 0 bridgehead atoms. The number of benzene rings is 1. The van der Waals surface area contributed by atoms with Gasteiger partial charge in [-0.05, 0) is 52.3 Å². The highest BCUT2D eigenvalue weighted by Gasteiger charge is 2.30. The lowest BCUT2D eigenvalue weighted by Gasteiger charge is -2.34. The van der Waals surface area contributed by atoms with Gasteiger partial charge in [0.05, 0.1) is 6.04 Å². The topological polar surface area (TPSA) is 61.9 Å². The van der Waals surface area contributed by atoms with Crippen LogP contribution in [0.3, 0.4) is 0 Å². The van der Waals surface area contributed by atoms with Gasteiger partial charge < -0.3 is 15.0 Å². The molecule has 1 N–H and O–H groups in total. The molecule has 2 amide bonds. The summed E-state index contributed by atoms with van der Waals surface area (Å²) in [5.74, 6) is 0.0312. The van der Waals surface area contributed by atoms with Crippen LogP contribution < -0.4 is 5.32 Å². The summed E-state index contributed by atoms with van der Waals surface area (Å²) in [6, 6.07) is 10.5. The smallest absolute Gasteiger partial charge is 0.410 e. The summed E-state index contributed by atoms with van der Waals surface area (Å²) in [4.78, 5) is 29.0. The van der Waals surface area contributed by atoms with E-state index in [0.29, 0.717) is 32.5 Å². The van der Waals surface area contributed by atoms with Crippen LogP contribution in [0.4, 0.5) is 4.79 Å². The van der Waals surface area contributed by atoms with Gasteiger partial charge in [0.1, 0.15) is 5.60 Å². The molecule has 0 aromatic heterocycles. The van der Waals surface area contributed by atoms with E-state index in [1.165, 1.54) is 5.56 Å². The zero-order valence-electron chi connectivity index (χ0n) is 18.6. The van der Waals surface area contributed by atoms with Crippen LogP contribution in [-0.4, -0.2) is 60.1 Å². The second-order valence-electron chi connectivity index (χ2n) is 8.63. The molecule has 0 aliphatic carbocycles. The first kappa shape index (κ1) is 23.2. The van der Waals surface area contributed by atoms with Crippen LogP contribution in [0.1, 0.15) is 59.1 Å². The molecule has 1 aliphatic heterocycles. The molecule has 0 radical (unpaired) electrons. The van der Waals surface area contributed by atoms with Gasteiger partial charge >= 0.3 is 6.09 Å². The lowest BCUT2D eigenvalue weighted by atomic mass is 9.95. The molecule has 6 heteroatoms. The normalized spacial score (nSPS) is 16.6. The van der Waals surface area contributed by atoms with Gasteiger partial charge in [-0.25, -0.2) is 4.79 Å². The lowest BCUT2D eigenvalue weighted by Crippen LogP contribution is -2.46. The van der Waals surface area contributed by atoms with E-state index < -0.39 is 5.60 Å². The zero-order chi connectivity index (χ0) is 21.4. The van der Waals surface area contributed by atoms with E-state index in [0.717, 1.165) is 13.1 Å². The minimum Gasteiger partial charge on any atom is -0.444 e. The number of carbonyl (C=O) groups is 2. The number of ether oxygens (including phenoxy) is 1. The Hall–Kier alpha value is -2.08. The SMILES string of the molecule is CCN(CC)C(CNC(=O)C1CCN(C(=O)OC(C)(C)C)CC1)c1ccccc1. The second kappa shape index (κ2) is 10.6. The third-order valence-corrected chi connectivity index (χ3v) is 5.42. The van der Waals surface area contributed by atoms with Crippen LogP contribution in [0.5, 0.6) is 0 Å². The van der Waals surface area contributed by atoms with Crippen LogP contribution in [0.2, 0.25) is 0 Å². The predicted octanol–water partition coefficient (Wildman–Crippen LogP) is 3.83. The molecule has 1 aromatic carbocycles. The Labute approximate surface area is 175 Å². The van der Waals surface area contributed by atoms with E-state index in [2.05, 4.69) is 36.2 Å². The van der Waals surface area contributed by atoms with Crippen LogP contribution in [0.25, 0.3) is 0 Å². The van der Waals surface area contributed by atoms with Crippen molar-refractivity contribution in [2.24, 2.45) is 5.92 Å². The van der Waals surface area contributed by atoms with Gasteiger partial charge in [-0.15, -0.1) is 0 Å². The molecule has 1 aliphatic rings. The fourth-order valence-electron chi connectivity index (χ4n) is 3.79. The number of rotatable bonds is 7. The van der Waals surface area contributed by atoms with Gasteiger partial charge in [0, 0.05) is 25.6 Å². The molecule has 1 aromatic rings. The Morgan fingerprint density at radius 3 is 2.24 bits per heavy atom. The Bertz CT molecular complexity index is 645. The van der Waals surface area contributed by atoms with E-state index in [4.69, 9.17) is 4.74 Å². The molecule has 162 valence electrons. The van der Waals surface area contributed by atoms with Crippen molar-refractivity contribution in [2.75, 3.05) is 32.7 Å². The van der Waals surface area contributed by atoms with E-state index in [-0.39, 0.29) is 24.0 Å². The molecule has 1 atom stereocenters. The number of likely N-dealkylation sites (N-methyl/N-ethyl adjacent to an activating group) is 1. The number of carbonyl (C=O) groups excluding carboxylic acids is 2. The minimum atomic E-state index is -0.498. The summed E-state index contributed by atoms with van der Waals surface area (Å²) >= 11 is 0. The average molecular weight is 404 g/mol. The molecule has 1 unspecified atom stereocenters. The predicted molar refractivity (Wildman–Crippen MR) is 116 cm³/mol. The highest BCUT2D eigenvalue weighted by atomic mass is 16.6. The molecular formula is C23H37N3O3. The third-order valence-electron chi connectivity index (χ3n) is 5.42. The van der Waals surface area contributed by atoms with Crippen molar-refractivity contribution in [2.45, 2.75) is 59.1 Å². The molecular weight excluding hydrogens is 366 g/mol. The van der Waals surface area contributed by atoms with E-state index in [1.807, 2.05) is 39.0 Å².